The molecular weight excluding hydrogens is 763 g/mol. The highest BCUT2D eigenvalue weighted by Gasteiger charge is 2.39. The van der Waals surface area contributed by atoms with Crippen LogP contribution in [0.15, 0.2) is 30.3 Å². The molecule has 2 aliphatic rings. The maximum atomic E-state index is 14.1. The van der Waals surface area contributed by atoms with Crippen LogP contribution in [0.1, 0.15) is 91.0 Å². The zero-order valence-corrected chi connectivity index (χ0v) is 34.9. The van der Waals surface area contributed by atoms with Gasteiger partial charge in [-0.2, -0.15) is 0 Å². The first-order valence-electron chi connectivity index (χ1n) is 20.8. The summed E-state index contributed by atoms with van der Waals surface area (Å²) in [5.74, 6) is -4.92. The van der Waals surface area contributed by atoms with Gasteiger partial charge in [0.25, 0.3) is 0 Å². The molecule has 59 heavy (non-hydrogen) atoms. The summed E-state index contributed by atoms with van der Waals surface area (Å²) >= 11 is 0. The smallest absolute Gasteiger partial charge is 0.326 e. The molecule has 0 bridgehead atoms. The van der Waals surface area contributed by atoms with Crippen LogP contribution in [0.4, 0.5) is 0 Å². The summed E-state index contributed by atoms with van der Waals surface area (Å²) in [6.45, 7) is 7.65. The molecule has 328 valence electrons. The number of carboxylic acid groups (broad SMARTS) is 1. The average Bonchev–Trinajstić information content (AvgIpc) is 3.89. The molecule has 0 spiro atoms. The monoisotopic (exact) mass is 827 g/mol. The van der Waals surface area contributed by atoms with Crippen LogP contribution in [0, 0.1) is 11.8 Å². The van der Waals surface area contributed by atoms with Crippen LogP contribution in [-0.2, 0) is 44.8 Å². The summed E-state index contributed by atoms with van der Waals surface area (Å²) in [7, 11) is 0. The normalized spacial score (nSPS) is 18.4. The first kappa shape index (κ1) is 48.3. The number of nitrogens with one attached hydrogen (secondary N) is 5. The van der Waals surface area contributed by atoms with Gasteiger partial charge in [0.2, 0.25) is 41.4 Å². The third-order valence-corrected chi connectivity index (χ3v) is 10.4. The van der Waals surface area contributed by atoms with E-state index in [2.05, 4.69) is 26.6 Å². The topological polar surface area (TPSA) is 275 Å². The van der Waals surface area contributed by atoms with Crippen molar-refractivity contribution in [2.75, 3.05) is 32.7 Å². The number of amides is 7. The van der Waals surface area contributed by atoms with Gasteiger partial charge in [-0.05, 0) is 81.7 Å². The molecule has 18 heteroatoms. The fourth-order valence-corrected chi connectivity index (χ4v) is 7.46. The molecule has 2 heterocycles. The minimum absolute atomic E-state index is 0.0352. The van der Waals surface area contributed by atoms with E-state index in [4.69, 9.17) is 11.5 Å². The van der Waals surface area contributed by atoms with Crippen molar-refractivity contribution in [1.29, 1.82) is 0 Å². The second-order valence-electron chi connectivity index (χ2n) is 16.3. The van der Waals surface area contributed by atoms with E-state index < -0.39 is 90.8 Å². The molecule has 0 aliphatic carbocycles. The van der Waals surface area contributed by atoms with Crippen LogP contribution in [0.25, 0.3) is 0 Å². The van der Waals surface area contributed by atoms with E-state index >= 15 is 0 Å². The SMILES string of the molecule is CC(C)C[C@H](NC(=O)CNC(=O)[C@@H]1CCCN1C(=O)[C@H](Cc1ccccc1)NC(=O)CNC(=O)[C@@H]1CCCN1C(=O)[C@@H](N)CC(C)C)C(=O)N[C@@H](CCCCN)C(=O)O. The Hall–Kier alpha value is -5.10. The number of likely N-dealkylation sites (tertiary alicyclic amines) is 2. The molecule has 2 aliphatic heterocycles. The zero-order chi connectivity index (χ0) is 43.6. The summed E-state index contributed by atoms with van der Waals surface area (Å²) in [6, 6.07) is 3.24. The number of benzene rings is 1. The Kier molecular flexibility index (Phi) is 19.7. The predicted molar refractivity (Wildman–Crippen MR) is 219 cm³/mol. The lowest BCUT2D eigenvalue weighted by Gasteiger charge is -2.29. The van der Waals surface area contributed by atoms with Gasteiger partial charge in [-0.1, -0.05) is 58.0 Å². The lowest BCUT2D eigenvalue weighted by molar-refractivity contribution is -0.142. The van der Waals surface area contributed by atoms with Gasteiger partial charge < -0.3 is 53.0 Å². The molecule has 0 aromatic heterocycles. The zero-order valence-electron chi connectivity index (χ0n) is 34.9. The van der Waals surface area contributed by atoms with Gasteiger partial charge in [0, 0.05) is 19.5 Å². The van der Waals surface area contributed by atoms with Crippen LogP contribution in [0.2, 0.25) is 0 Å². The number of unbranched alkanes of at least 4 members (excludes halogenated alkanes) is 1. The second-order valence-corrected chi connectivity index (χ2v) is 16.3. The average molecular weight is 828 g/mol. The molecule has 18 nitrogen and oxygen atoms in total. The Morgan fingerprint density at radius 3 is 1.75 bits per heavy atom. The summed E-state index contributed by atoms with van der Waals surface area (Å²) in [6.07, 6.45) is 3.90. The van der Waals surface area contributed by atoms with Crippen molar-refractivity contribution >= 4 is 47.3 Å². The fraction of sp³-hybridized carbons (Fsp3) is 0.659. The summed E-state index contributed by atoms with van der Waals surface area (Å²) in [5, 5.41) is 22.6. The van der Waals surface area contributed by atoms with E-state index in [-0.39, 0.29) is 43.6 Å². The van der Waals surface area contributed by atoms with Crippen molar-refractivity contribution in [3.05, 3.63) is 35.9 Å². The molecule has 1 aromatic rings. The van der Waals surface area contributed by atoms with Crippen molar-refractivity contribution in [2.45, 2.75) is 128 Å². The first-order chi connectivity index (χ1) is 28.0. The van der Waals surface area contributed by atoms with Crippen molar-refractivity contribution in [1.82, 2.24) is 36.4 Å². The molecule has 7 amide bonds. The van der Waals surface area contributed by atoms with Gasteiger partial charge in [-0.15, -0.1) is 0 Å². The van der Waals surface area contributed by atoms with E-state index in [1.54, 1.807) is 24.3 Å². The Morgan fingerprint density at radius 1 is 0.712 bits per heavy atom. The van der Waals surface area contributed by atoms with E-state index in [0.29, 0.717) is 58.0 Å². The summed E-state index contributed by atoms with van der Waals surface area (Å²) < 4.78 is 0. The van der Waals surface area contributed by atoms with E-state index in [1.807, 2.05) is 33.8 Å². The molecule has 0 unspecified atom stereocenters. The van der Waals surface area contributed by atoms with Gasteiger partial charge in [-0.25, -0.2) is 4.79 Å². The third-order valence-electron chi connectivity index (χ3n) is 10.4. The standard InChI is InChI=1S/C41H65N9O9/c1-25(2)20-28(43)39(56)49-18-10-15-32(49)37(54)45-24-35(52)47-31(22-27-12-6-5-7-13-27)40(57)50-19-11-16-33(50)38(55)44-23-34(51)46-30(21-26(3)4)36(53)48-29(41(58)59)14-8-9-17-42/h5-7,12-13,25-26,28-33H,8-11,14-24,42-43H2,1-4H3,(H,44,55)(H,45,54)(H,46,51)(H,47,52)(H,48,53)(H,58,59)/t28-,29-,30-,31-,32-,33-/m0/s1. The lowest BCUT2D eigenvalue weighted by atomic mass is 10.0. The van der Waals surface area contributed by atoms with Gasteiger partial charge in [0.05, 0.1) is 19.1 Å². The highest BCUT2D eigenvalue weighted by atomic mass is 16.4. The first-order valence-corrected chi connectivity index (χ1v) is 20.8. The van der Waals surface area contributed by atoms with Gasteiger partial charge >= 0.3 is 5.97 Å². The number of nitrogens with two attached hydrogens (primary N) is 2. The van der Waals surface area contributed by atoms with Gasteiger partial charge in [0.1, 0.15) is 30.2 Å². The Morgan fingerprint density at radius 2 is 1.24 bits per heavy atom. The van der Waals surface area contributed by atoms with Crippen LogP contribution in [0.5, 0.6) is 0 Å². The largest absolute Gasteiger partial charge is 0.480 e. The van der Waals surface area contributed by atoms with Crippen LogP contribution >= 0.6 is 0 Å². The Labute approximate surface area is 346 Å². The second kappa shape index (κ2) is 24.1. The van der Waals surface area contributed by atoms with Crippen molar-refractivity contribution < 1.29 is 43.5 Å². The van der Waals surface area contributed by atoms with Crippen molar-refractivity contribution in [3.63, 3.8) is 0 Å². The molecular formula is C41H65N9O9. The molecule has 2 fully saturated rings. The maximum Gasteiger partial charge on any atom is 0.326 e. The lowest BCUT2D eigenvalue weighted by Crippen LogP contribution is -2.57. The number of hydrogen-bond donors (Lipinski definition) is 8. The van der Waals surface area contributed by atoms with E-state index in [1.165, 1.54) is 9.80 Å². The van der Waals surface area contributed by atoms with Crippen LogP contribution in [0.3, 0.4) is 0 Å². The number of carbonyl (C=O) groups is 8. The number of aliphatic carboxylic acids is 1. The van der Waals surface area contributed by atoms with Crippen molar-refractivity contribution in [2.24, 2.45) is 23.3 Å². The minimum atomic E-state index is -1.20. The molecule has 2 saturated heterocycles. The highest BCUT2D eigenvalue weighted by molar-refractivity contribution is 5.96. The van der Waals surface area contributed by atoms with E-state index in [9.17, 15) is 43.5 Å². The molecule has 3 rings (SSSR count). The highest BCUT2D eigenvalue weighted by Crippen LogP contribution is 2.21. The Balaban J connectivity index is 1.63. The fourth-order valence-electron chi connectivity index (χ4n) is 7.46. The predicted octanol–water partition coefficient (Wildman–Crippen LogP) is -0.469. The quantitative estimate of drug-likeness (QED) is 0.0654. The number of carboxylic acids is 1. The van der Waals surface area contributed by atoms with E-state index in [0.717, 1.165) is 5.56 Å². The van der Waals surface area contributed by atoms with Crippen molar-refractivity contribution in [3.8, 4) is 0 Å². The number of carbonyl (C=O) groups excluding carboxylic acids is 7. The molecule has 10 N–H and O–H groups in total. The molecule has 0 radical (unpaired) electrons. The minimum Gasteiger partial charge on any atom is -0.480 e. The molecule has 6 atom stereocenters. The third kappa shape index (κ3) is 15.5. The van der Waals surface area contributed by atoms with Gasteiger partial charge in [-0.3, -0.25) is 33.6 Å². The number of hydrogen-bond acceptors (Lipinski definition) is 10. The summed E-state index contributed by atoms with van der Waals surface area (Å²) in [4.78, 5) is 108. The molecule has 0 saturated carbocycles. The molecule has 1 aromatic carbocycles. The number of nitrogens with zero attached hydrogens (tertiary/aromatic N) is 2. The van der Waals surface area contributed by atoms with Crippen LogP contribution in [-0.4, -0.2) is 131 Å². The van der Waals surface area contributed by atoms with Gasteiger partial charge in [0.15, 0.2) is 0 Å². The van der Waals surface area contributed by atoms with Crippen LogP contribution < -0.4 is 38.1 Å². The number of rotatable bonds is 23. The Bertz CT molecular complexity index is 1610. The summed E-state index contributed by atoms with van der Waals surface area (Å²) in [5.41, 5.74) is 12.4. The maximum absolute atomic E-state index is 14.1.